The van der Waals surface area contributed by atoms with E-state index >= 15 is 0 Å². The molecule has 4 rings (SSSR count). The average Bonchev–Trinajstić information content (AvgIpc) is 2.81. The molecule has 2 aromatic carbocycles. The number of aromatic nitrogens is 2. The highest BCUT2D eigenvalue weighted by Gasteiger charge is 2.32. The van der Waals surface area contributed by atoms with Crippen molar-refractivity contribution in [2.75, 3.05) is 19.0 Å². The molecule has 1 aliphatic carbocycles. The fraction of sp³-hybridized carbons (Fsp3) is 0.417. The van der Waals surface area contributed by atoms with Crippen molar-refractivity contribution in [1.82, 2.24) is 9.97 Å². The Hall–Kier alpha value is -3.04. The Labute approximate surface area is 190 Å². The first kappa shape index (κ1) is 23.1. The van der Waals surface area contributed by atoms with Gasteiger partial charge in [-0.3, -0.25) is 0 Å². The molecule has 2 unspecified atom stereocenters. The number of hydrogen-bond donors (Lipinski definition) is 3. The van der Waals surface area contributed by atoms with E-state index < -0.39 is 18.6 Å². The topological polar surface area (TPSA) is 96.7 Å². The maximum Gasteiger partial charge on any atom is 0.295 e. The second-order valence-corrected chi connectivity index (χ2v) is 8.29. The van der Waals surface area contributed by atoms with Gasteiger partial charge in [-0.05, 0) is 44.4 Å². The number of methoxy groups -OCH3 is 1. The molecule has 33 heavy (non-hydrogen) atoms. The van der Waals surface area contributed by atoms with Gasteiger partial charge in [0, 0.05) is 23.1 Å². The number of nitrogens with zero attached hydrogens (tertiary/aromatic N) is 2. The van der Waals surface area contributed by atoms with Gasteiger partial charge in [-0.25, -0.2) is 9.97 Å². The SMILES string of the molecule is COc1cc2nc(C)nc(N[C@H](C)c3cccc(C(F)(F)CO)c3)c2cc1OC1CCC1O. The molecule has 1 aromatic heterocycles. The van der Waals surface area contributed by atoms with E-state index in [0.29, 0.717) is 46.0 Å². The Morgan fingerprint density at radius 1 is 1.18 bits per heavy atom. The normalized spacial score (nSPS) is 19.1. The lowest BCUT2D eigenvalue weighted by molar-refractivity contribution is -0.0556. The predicted octanol–water partition coefficient (Wildman–Crippen LogP) is 4.11. The Morgan fingerprint density at radius 2 is 1.97 bits per heavy atom. The van der Waals surface area contributed by atoms with Crippen LogP contribution in [0, 0.1) is 6.92 Å². The second-order valence-electron chi connectivity index (χ2n) is 8.29. The number of halogens is 2. The number of anilines is 1. The zero-order chi connectivity index (χ0) is 23.8. The van der Waals surface area contributed by atoms with Crippen molar-refractivity contribution in [3.8, 4) is 11.5 Å². The number of nitrogens with one attached hydrogen (secondary N) is 1. The summed E-state index contributed by atoms with van der Waals surface area (Å²) in [5.41, 5.74) is 1.00. The minimum Gasteiger partial charge on any atom is -0.493 e. The number of aliphatic hydroxyl groups excluding tert-OH is 2. The van der Waals surface area contributed by atoms with Crippen LogP contribution in [0.2, 0.25) is 0 Å². The summed E-state index contributed by atoms with van der Waals surface area (Å²) < 4.78 is 39.4. The number of fused-ring (bicyclic) bond motifs is 1. The quantitative estimate of drug-likeness (QED) is 0.467. The van der Waals surface area contributed by atoms with E-state index in [4.69, 9.17) is 14.6 Å². The second kappa shape index (κ2) is 9.07. The molecular weight excluding hydrogens is 432 g/mol. The van der Waals surface area contributed by atoms with E-state index in [9.17, 15) is 13.9 Å². The fourth-order valence-corrected chi connectivity index (χ4v) is 3.78. The van der Waals surface area contributed by atoms with E-state index in [2.05, 4.69) is 15.3 Å². The van der Waals surface area contributed by atoms with Crippen LogP contribution in [-0.2, 0) is 5.92 Å². The molecule has 1 heterocycles. The monoisotopic (exact) mass is 459 g/mol. The molecule has 9 heteroatoms. The van der Waals surface area contributed by atoms with Gasteiger partial charge >= 0.3 is 0 Å². The lowest BCUT2D eigenvalue weighted by atomic mass is 9.92. The summed E-state index contributed by atoms with van der Waals surface area (Å²) in [5, 5.41) is 22.9. The number of hydrogen-bond acceptors (Lipinski definition) is 7. The van der Waals surface area contributed by atoms with Crippen molar-refractivity contribution in [2.24, 2.45) is 0 Å². The molecule has 0 aliphatic heterocycles. The Morgan fingerprint density at radius 3 is 2.61 bits per heavy atom. The van der Waals surface area contributed by atoms with Gasteiger partial charge < -0.3 is 25.0 Å². The number of aliphatic hydroxyl groups is 2. The number of aryl methyl sites for hydroxylation is 1. The Balaban J connectivity index is 1.69. The van der Waals surface area contributed by atoms with E-state index in [-0.39, 0.29) is 17.7 Å². The van der Waals surface area contributed by atoms with Gasteiger partial charge in [-0.15, -0.1) is 0 Å². The standard InChI is InChI=1S/C24H27F2N3O4/c1-13(15-5-4-6-16(9-15)24(25,26)12-30)27-23-17-10-22(33-20-8-7-19(20)31)21(32-3)11-18(17)28-14(2)29-23/h4-6,9-11,13,19-20,30-31H,7-8,12H2,1-3H3,(H,27,28,29)/t13-,19?,20?/m1/s1. The van der Waals surface area contributed by atoms with E-state index in [1.165, 1.54) is 25.3 Å². The van der Waals surface area contributed by atoms with Crippen LogP contribution in [0.3, 0.4) is 0 Å². The summed E-state index contributed by atoms with van der Waals surface area (Å²) in [5.74, 6) is -1.30. The first-order valence-electron chi connectivity index (χ1n) is 10.8. The van der Waals surface area contributed by atoms with Gasteiger partial charge in [-0.1, -0.05) is 18.2 Å². The number of benzene rings is 2. The maximum absolute atomic E-state index is 14.0. The lowest BCUT2D eigenvalue weighted by Gasteiger charge is -2.33. The molecule has 7 nitrogen and oxygen atoms in total. The minimum atomic E-state index is -3.32. The minimum absolute atomic E-state index is 0.251. The molecule has 1 aliphatic rings. The van der Waals surface area contributed by atoms with Gasteiger partial charge in [0.1, 0.15) is 24.4 Å². The summed E-state index contributed by atoms with van der Waals surface area (Å²) in [4.78, 5) is 9.01. The lowest BCUT2D eigenvalue weighted by Crippen LogP contribution is -2.41. The molecule has 1 saturated carbocycles. The van der Waals surface area contributed by atoms with Crippen molar-refractivity contribution in [1.29, 1.82) is 0 Å². The van der Waals surface area contributed by atoms with Crippen LogP contribution in [0.25, 0.3) is 10.9 Å². The molecule has 0 bridgehead atoms. The fourth-order valence-electron chi connectivity index (χ4n) is 3.78. The van der Waals surface area contributed by atoms with E-state index in [1.807, 2.05) is 6.92 Å². The number of rotatable bonds is 8. The van der Waals surface area contributed by atoms with Gasteiger partial charge in [0.05, 0.1) is 18.7 Å². The van der Waals surface area contributed by atoms with Crippen LogP contribution in [0.1, 0.15) is 42.8 Å². The van der Waals surface area contributed by atoms with Crippen molar-refractivity contribution in [3.63, 3.8) is 0 Å². The van der Waals surface area contributed by atoms with Crippen molar-refractivity contribution in [3.05, 3.63) is 53.3 Å². The third kappa shape index (κ3) is 4.69. The van der Waals surface area contributed by atoms with E-state index in [1.54, 1.807) is 25.1 Å². The highest BCUT2D eigenvalue weighted by Crippen LogP contribution is 2.38. The smallest absolute Gasteiger partial charge is 0.295 e. The average molecular weight is 459 g/mol. The molecule has 0 radical (unpaired) electrons. The molecule has 1 fully saturated rings. The number of alkyl halides is 2. The van der Waals surface area contributed by atoms with Gasteiger partial charge in [0.15, 0.2) is 11.5 Å². The molecular formula is C24H27F2N3O4. The van der Waals surface area contributed by atoms with Crippen molar-refractivity contribution in [2.45, 2.75) is 50.9 Å². The molecule has 3 N–H and O–H groups in total. The van der Waals surface area contributed by atoms with Crippen LogP contribution in [0.4, 0.5) is 14.6 Å². The van der Waals surface area contributed by atoms with Crippen LogP contribution < -0.4 is 14.8 Å². The summed E-state index contributed by atoms with van der Waals surface area (Å²) in [7, 11) is 1.54. The summed E-state index contributed by atoms with van der Waals surface area (Å²) in [6, 6.07) is 9.10. The molecule has 0 saturated heterocycles. The molecule has 3 aromatic rings. The molecule has 176 valence electrons. The first-order chi connectivity index (χ1) is 15.7. The van der Waals surface area contributed by atoms with E-state index in [0.717, 1.165) is 6.42 Å². The van der Waals surface area contributed by atoms with Crippen LogP contribution in [0.15, 0.2) is 36.4 Å². The zero-order valence-corrected chi connectivity index (χ0v) is 18.7. The number of ether oxygens (including phenoxy) is 2. The van der Waals surface area contributed by atoms with Gasteiger partial charge in [0.2, 0.25) is 0 Å². The first-order valence-corrected chi connectivity index (χ1v) is 10.8. The molecule has 0 spiro atoms. The van der Waals surface area contributed by atoms with Crippen molar-refractivity contribution < 1.29 is 28.5 Å². The maximum atomic E-state index is 14.0. The Bertz CT molecular complexity index is 1160. The predicted molar refractivity (Wildman–Crippen MR) is 120 cm³/mol. The molecule has 3 atom stereocenters. The third-order valence-corrected chi connectivity index (χ3v) is 5.91. The Kier molecular flexibility index (Phi) is 6.36. The summed E-state index contributed by atoms with van der Waals surface area (Å²) >= 11 is 0. The summed E-state index contributed by atoms with van der Waals surface area (Å²) in [6.07, 6.45) is 0.640. The van der Waals surface area contributed by atoms with Crippen LogP contribution in [-0.4, -0.2) is 46.1 Å². The largest absolute Gasteiger partial charge is 0.493 e. The van der Waals surface area contributed by atoms with Crippen molar-refractivity contribution >= 4 is 16.7 Å². The molecule has 0 amide bonds. The summed E-state index contributed by atoms with van der Waals surface area (Å²) in [6.45, 7) is 2.35. The zero-order valence-electron chi connectivity index (χ0n) is 18.7. The van der Waals surface area contributed by atoms with Crippen LogP contribution in [0.5, 0.6) is 11.5 Å². The van der Waals surface area contributed by atoms with Gasteiger partial charge in [-0.2, -0.15) is 8.78 Å². The highest BCUT2D eigenvalue weighted by atomic mass is 19.3. The van der Waals surface area contributed by atoms with Crippen LogP contribution >= 0.6 is 0 Å². The van der Waals surface area contributed by atoms with Gasteiger partial charge in [0.25, 0.3) is 5.92 Å². The highest BCUT2D eigenvalue weighted by molar-refractivity contribution is 5.92. The third-order valence-electron chi connectivity index (χ3n) is 5.91.